The normalized spacial score (nSPS) is 33.8. The molecule has 96 valence electrons. The number of halogens is 1. The molecule has 0 spiro atoms. The summed E-state index contributed by atoms with van der Waals surface area (Å²) >= 11 is 4.28. The minimum atomic E-state index is -0.266. The fourth-order valence-corrected chi connectivity index (χ4v) is 6.37. The van der Waals surface area contributed by atoms with Gasteiger partial charge in [-0.2, -0.15) is 0 Å². The maximum absolute atomic E-state index is 11.0. The van der Waals surface area contributed by atoms with Crippen LogP contribution in [0.15, 0.2) is 29.2 Å². The molecule has 0 aliphatic heterocycles. The standard InChI is InChI=1S/C13H14INO2S/c14-12-8-5-6-9(7-8)13(12)18-11-4-2-1-3-10(11)15(16)17/h1-4,8-9,12-13H,5-7H2/t8-,9+,12-,13-/m1/s1. The van der Waals surface area contributed by atoms with E-state index in [1.165, 1.54) is 19.3 Å². The summed E-state index contributed by atoms with van der Waals surface area (Å²) in [5.41, 5.74) is 0.258. The quantitative estimate of drug-likeness (QED) is 0.343. The highest BCUT2D eigenvalue weighted by Gasteiger charge is 2.47. The van der Waals surface area contributed by atoms with Gasteiger partial charge < -0.3 is 0 Å². The highest BCUT2D eigenvalue weighted by molar-refractivity contribution is 14.1. The van der Waals surface area contributed by atoms with Gasteiger partial charge in [0.15, 0.2) is 0 Å². The molecule has 5 heteroatoms. The van der Waals surface area contributed by atoms with Gasteiger partial charge >= 0.3 is 0 Å². The van der Waals surface area contributed by atoms with E-state index >= 15 is 0 Å². The van der Waals surface area contributed by atoms with Crippen molar-refractivity contribution in [2.75, 3.05) is 0 Å². The Morgan fingerprint density at radius 2 is 2.00 bits per heavy atom. The molecule has 0 amide bonds. The van der Waals surface area contributed by atoms with Crippen LogP contribution < -0.4 is 0 Å². The number of nitrogens with zero attached hydrogens (tertiary/aromatic N) is 1. The van der Waals surface area contributed by atoms with Gasteiger partial charge in [-0.05, 0) is 37.2 Å². The molecule has 0 saturated heterocycles. The number of rotatable bonds is 3. The molecule has 0 unspecified atom stereocenters. The predicted molar refractivity (Wildman–Crippen MR) is 81.4 cm³/mol. The molecule has 1 aromatic rings. The zero-order valence-electron chi connectivity index (χ0n) is 9.79. The molecule has 0 N–H and O–H groups in total. The van der Waals surface area contributed by atoms with Gasteiger partial charge in [-0.1, -0.05) is 34.7 Å². The Morgan fingerprint density at radius 3 is 2.67 bits per heavy atom. The second-order valence-electron chi connectivity index (χ2n) is 5.08. The van der Waals surface area contributed by atoms with Crippen molar-refractivity contribution < 1.29 is 4.92 Å². The Hall–Kier alpha value is -0.300. The number of hydrogen-bond acceptors (Lipinski definition) is 3. The molecule has 3 rings (SSSR count). The van der Waals surface area contributed by atoms with Crippen LogP contribution in [0.2, 0.25) is 0 Å². The fraction of sp³-hybridized carbons (Fsp3) is 0.538. The van der Waals surface area contributed by atoms with Gasteiger partial charge in [0, 0.05) is 15.2 Å². The van der Waals surface area contributed by atoms with Gasteiger partial charge in [-0.15, -0.1) is 11.8 Å². The molecule has 2 saturated carbocycles. The van der Waals surface area contributed by atoms with Crippen LogP contribution in [0.25, 0.3) is 0 Å². The van der Waals surface area contributed by atoms with Crippen LogP contribution in [0.3, 0.4) is 0 Å². The highest BCUT2D eigenvalue weighted by Crippen LogP contribution is 2.54. The van der Waals surface area contributed by atoms with Crippen LogP contribution in [-0.4, -0.2) is 14.1 Å². The molecule has 2 bridgehead atoms. The number of hydrogen-bond donors (Lipinski definition) is 0. The number of thioether (sulfide) groups is 1. The first-order valence-corrected chi connectivity index (χ1v) is 8.33. The third-order valence-electron chi connectivity index (χ3n) is 4.07. The lowest BCUT2D eigenvalue weighted by Crippen LogP contribution is -2.24. The van der Waals surface area contributed by atoms with E-state index < -0.39 is 0 Å². The number of alkyl halides is 1. The highest BCUT2D eigenvalue weighted by atomic mass is 127. The summed E-state index contributed by atoms with van der Waals surface area (Å²) in [6.07, 6.45) is 3.99. The Kier molecular flexibility index (Phi) is 3.53. The van der Waals surface area contributed by atoms with Gasteiger partial charge in [-0.25, -0.2) is 0 Å². The van der Waals surface area contributed by atoms with Crippen LogP contribution in [0.4, 0.5) is 5.69 Å². The SMILES string of the molecule is O=[N+]([O-])c1ccccc1S[C@@H]1[C@H]2CC[C@H](C2)[C@H]1I. The Bertz CT molecular complexity index is 480. The molecule has 2 aliphatic carbocycles. The predicted octanol–water partition coefficient (Wildman–Crippen LogP) is 4.29. The Morgan fingerprint density at radius 1 is 1.28 bits per heavy atom. The summed E-state index contributed by atoms with van der Waals surface area (Å²) < 4.78 is 0.672. The van der Waals surface area contributed by atoms with Crippen molar-refractivity contribution in [1.29, 1.82) is 0 Å². The summed E-state index contributed by atoms with van der Waals surface area (Å²) in [5.74, 6) is 1.61. The van der Waals surface area contributed by atoms with E-state index in [0.29, 0.717) is 9.17 Å². The van der Waals surface area contributed by atoms with E-state index in [0.717, 1.165) is 16.7 Å². The molecule has 18 heavy (non-hydrogen) atoms. The van der Waals surface area contributed by atoms with Crippen LogP contribution in [0.1, 0.15) is 19.3 Å². The molecule has 2 fully saturated rings. The van der Waals surface area contributed by atoms with Crippen LogP contribution >= 0.6 is 34.4 Å². The van der Waals surface area contributed by atoms with E-state index in [1.54, 1.807) is 23.9 Å². The molecule has 2 aliphatic rings. The lowest BCUT2D eigenvalue weighted by molar-refractivity contribution is -0.387. The van der Waals surface area contributed by atoms with Gasteiger partial charge in [0.25, 0.3) is 5.69 Å². The van der Waals surface area contributed by atoms with Crippen molar-refractivity contribution in [3.8, 4) is 0 Å². The summed E-state index contributed by atoms with van der Waals surface area (Å²) in [6.45, 7) is 0. The largest absolute Gasteiger partial charge is 0.282 e. The smallest absolute Gasteiger partial charge is 0.258 e. The summed E-state index contributed by atoms with van der Waals surface area (Å²) in [7, 11) is 0. The Labute approximate surface area is 124 Å². The van der Waals surface area contributed by atoms with Crippen LogP contribution in [-0.2, 0) is 0 Å². The third-order valence-corrected chi connectivity index (χ3v) is 7.90. The summed E-state index contributed by atoms with van der Waals surface area (Å²) in [4.78, 5) is 11.6. The van der Waals surface area contributed by atoms with Gasteiger partial charge in [-0.3, -0.25) is 10.1 Å². The minimum Gasteiger partial charge on any atom is -0.258 e. The van der Waals surface area contributed by atoms with E-state index in [9.17, 15) is 10.1 Å². The lowest BCUT2D eigenvalue weighted by atomic mass is 10.0. The average molecular weight is 375 g/mol. The molecule has 0 radical (unpaired) electrons. The van der Waals surface area contributed by atoms with Crippen molar-refractivity contribution >= 4 is 40.0 Å². The number of benzene rings is 1. The van der Waals surface area contributed by atoms with E-state index in [1.807, 2.05) is 12.1 Å². The van der Waals surface area contributed by atoms with Gasteiger partial charge in [0.05, 0.1) is 9.82 Å². The maximum Gasteiger partial charge on any atom is 0.282 e. The second-order valence-corrected chi connectivity index (χ2v) is 7.74. The number of nitro benzene ring substituents is 1. The van der Waals surface area contributed by atoms with Crippen molar-refractivity contribution in [2.24, 2.45) is 11.8 Å². The number of para-hydroxylation sites is 1. The second kappa shape index (κ2) is 5.00. The molecular weight excluding hydrogens is 361 g/mol. The molecule has 0 heterocycles. The monoisotopic (exact) mass is 375 g/mol. The summed E-state index contributed by atoms with van der Waals surface area (Å²) in [5, 5.41) is 11.6. The zero-order valence-corrected chi connectivity index (χ0v) is 12.8. The lowest BCUT2D eigenvalue weighted by Gasteiger charge is -2.26. The van der Waals surface area contributed by atoms with Crippen molar-refractivity contribution in [1.82, 2.24) is 0 Å². The van der Waals surface area contributed by atoms with E-state index in [2.05, 4.69) is 22.6 Å². The Balaban J connectivity index is 1.83. The molecule has 0 aromatic heterocycles. The van der Waals surface area contributed by atoms with E-state index in [4.69, 9.17) is 0 Å². The van der Waals surface area contributed by atoms with E-state index in [-0.39, 0.29) is 10.6 Å². The first kappa shape index (κ1) is 12.7. The molecule has 4 atom stereocenters. The topological polar surface area (TPSA) is 43.1 Å². The average Bonchev–Trinajstić information content (AvgIpc) is 2.93. The van der Waals surface area contributed by atoms with Gasteiger partial charge in [0.1, 0.15) is 0 Å². The maximum atomic E-state index is 11.0. The summed E-state index contributed by atoms with van der Waals surface area (Å²) in [6, 6.07) is 7.13. The first-order chi connectivity index (χ1) is 8.66. The van der Waals surface area contributed by atoms with Crippen LogP contribution in [0.5, 0.6) is 0 Å². The zero-order chi connectivity index (χ0) is 12.7. The molecular formula is C13H14INO2S. The number of nitro groups is 1. The van der Waals surface area contributed by atoms with Gasteiger partial charge in [0.2, 0.25) is 0 Å². The molecule has 1 aromatic carbocycles. The van der Waals surface area contributed by atoms with Crippen molar-refractivity contribution in [3.63, 3.8) is 0 Å². The molecule has 3 nitrogen and oxygen atoms in total. The first-order valence-electron chi connectivity index (χ1n) is 6.21. The van der Waals surface area contributed by atoms with Crippen LogP contribution in [0, 0.1) is 22.0 Å². The minimum absolute atomic E-state index is 0.258. The fourth-order valence-electron chi connectivity index (χ4n) is 3.18. The number of fused-ring (bicyclic) bond motifs is 2. The van der Waals surface area contributed by atoms with Crippen molar-refractivity contribution in [3.05, 3.63) is 34.4 Å². The van der Waals surface area contributed by atoms with Crippen molar-refractivity contribution in [2.45, 2.75) is 33.3 Å². The third kappa shape index (κ3) is 2.15.